The quantitative estimate of drug-likeness (QED) is 0.940. The molecular weight excluding hydrogens is 303 g/mol. The Morgan fingerprint density at radius 1 is 1.12 bits per heavy atom. The number of aliphatic hydroxyl groups is 1. The molecule has 1 saturated heterocycles. The van der Waals surface area contributed by atoms with Crippen LogP contribution in [0.2, 0.25) is 0 Å². The van der Waals surface area contributed by atoms with Gasteiger partial charge in [0, 0.05) is 49.4 Å². The lowest BCUT2D eigenvalue weighted by atomic mass is 9.63. The normalized spacial score (nSPS) is 30.2. The molecule has 24 heavy (non-hydrogen) atoms. The highest BCUT2D eigenvalue weighted by Gasteiger charge is 2.51. The molecule has 2 aromatic rings. The van der Waals surface area contributed by atoms with Crippen LogP contribution >= 0.6 is 0 Å². The van der Waals surface area contributed by atoms with Gasteiger partial charge in [0.05, 0.1) is 5.60 Å². The van der Waals surface area contributed by atoms with Gasteiger partial charge in [0.1, 0.15) is 5.82 Å². The first kappa shape index (κ1) is 15.7. The molecule has 0 amide bonds. The molecule has 1 aliphatic carbocycles. The minimum absolute atomic E-state index is 0.194. The molecule has 4 rings (SSSR count). The molecule has 2 fully saturated rings. The molecular formula is C20H23FN2O. The van der Waals surface area contributed by atoms with Crippen LogP contribution in [0, 0.1) is 17.7 Å². The van der Waals surface area contributed by atoms with E-state index in [1.54, 1.807) is 6.20 Å². The summed E-state index contributed by atoms with van der Waals surface area (Å²) in [5.41, 5.74) is 1.33. The molecule has 0 unspecified atom stereocenters. The van der Waals surface area contributed by atoms with E-state index in [-0.39, 0.29) is 17.7 Å². The van der Waals surface area contributed by atoms with Gasteiger partial charge < -0.3 is 5.11 Å². The predicted molar refractivity (Wildman–Crippen MR) is 90.6 cm³/mol. The van der Waals surface area contributed by atoms with Crippen molar-refractivity contribution in [3.05, 3.63) is 65.7 Å². The Hall–Kier alpha value is -1.78. The molecule has 1 aromatic carbocycles. The minimum Gasteiger partial charge on any atom is -0.384 e. The van der Waals surface area contributed by atoms with Gasteiger partial charge in [-0.15, -0.1) is 0 Å². The number of halogens is 1. The van der Waals surface area contributed by atoms with E-state index >= 15 is 0 Å². The summed E-state index contributed by atoms with van der Waals surface area (Å²) in [6, 6.07) is 10.7. The maximum Gasteiger partial charge on any atom is 0.123 e. The fourth-order valence-corrected chi connectivity index (χ4v) is 4.59. The number of benzene rings is 1. The molecule has 1 aromatic heterocycles. The number of rotatable bonds is 3. The Morgan fingerprint density at radius 2 is 1.83 bits per heavy atom. The second-order valence-corrected chi connectivity index (χ2v) is 7.21. The van der Waals surface area contributed by atoms with E-state index in [0.29, 0.717) is 0 Å². The fraction of sp³-hybridized carbons (Fsp3) is 0.450. The van der Waals surface area contributed by atoms with Crippen LogP contribution in [0.3, 0.4) is 0 Å². The maximum absolute atomic E-state index is 13.1. The van der Waals surface area contributed by atoms with Crippen LogP contribution in [0.25, 0.3) is 0 Å². The summed E-state index contributed by atoms with van der Waals surface area (Å²) in [6.45, 7) is 2.56. The van der Waals surface area contributed by atoms with E-state index in [1.165, 1.54) is 18.6 Å². The van der Waals surface area contributed by atoms with Crippen molar-refractivity contribution in [1.82, 2.24) is 9.88 Å². The van der Waals surface area contributed by atoms with Gasteiger partial charge >= 0.3 is 0 Å². The molecule has 1 saturated carbocycles. The van der Waals surface area contributed by atoms with Gasteiger partial charge in [0.15, 0.2) is 0 Å². The van der Waals surface area contributed by atoms with Crippen molar-refractivity contribution in [2.45, 2.75) is 31.4 Å². The molecule has 3 nitrogen and oxygen atoms in total. The SMILES string of the molecule is OC1(c2cccnc2)[C@@H]2CCC[C@@H]1CN(Cc1ccc(F)cc1)C2. The largest absolute Gasteiger partial charge is 0.384 e. The minimum atomic E-state index is -0.758. The van der Waals surface area contributed by atoms with Gasteiger partial charge in [0.2, 0.25) is 0 Å². The molecule has 1 aliphatic heterocycles. The van der Waals surface area contributed by atoms with Crippen molar-refractivity contribution in [1.29, 1.82) is 0 Å². The summed E-state index contributed by atoms with van der Waals surface area (Å²) in [7, 11) is 0. The highest BCUT2D eigenvalue weighted by atomic mass is 19.1. The van der Waals surface area contributed by atoms with E-state index in [2.05, 4.69) is 9.88 Å². The van der Waals surface area contributed by atoms with Crippen LogP contribution in [-0.4, -0.2) is 28.1 Å². The zero-order chi connectivity index (χ0) is 16.6. The van der Waals surface area contributed by atoms with Crippen LogP contribution in [-0.2, 0) is 12.1 Å². The first-order valence-corrected chi connectivity index (χ1v) is 8.76. The van der Waals surface area contributed by atoms with E-state index in [9.17, 15) is 9.50 Å². The summed E-state index contributed by atoms with van der Waals surface area (Å²) in [4.78, 5) is 6.63. The smallest absolute Gasteiger partial charge is 0.123 e. The number of pyridine rings is 1. The molecule has 0 spiro atoms. The Labute approximate surface area is 142 Å². The number of nitrogens with zero attached hydrogens (tertiary/aromatic N) is 2. The van der Waals surface area contributed by atoms with E-state index < -0.39 is 5.60 Å². The van der Waals surface area contributed by atoms with Crippen LogP contribution in [0.4, 0.5) is 4.39 Å². The Balaban J connectivity index is 1.55. The molecule has 1 N–H and O–H groups in total. The summed E-state index contributed by atoms with van der Waals surface area (Å²) in [5, 5.41) is 11.5. The Morgan fingerprint density at radius 3 is 2.46 bits per heavy atom. The number of hydrogen-bond acceptors (Lipinski definition) is 3. The van der Waals surface area contributed by atoms with E-state index in [0.717, 1.165) is 43.6 Å². The van der Waals surface area contributed by atoms with Gasteiger partial charge in [-0.1, -0.05) is 24.6 Å². The van der Waals surface area contributed by atoms with Crippen molar-refractivity contribution in [2.75, 3.05) is 13.1 Å². The summed E-state index contributed by atoms with van der Waals surface area (Å²) < 4.78 is 13.1. The molecule has 0 radical (unpaired) electrons. The van der Waals surface area contributed by atoms with Crippen molar-refractivity contribution in [2.24, 2.45) is 11.8 Å². The fourth-order valence-electron chi connectivity index (χ4n) is 4.59. The van der Waals surface area contributed by atoms with Gasteiger partial charge in [-0.05, 0) is 36.6 Å². The number of piperidine rings is 1. The average Bonchev–Trinajstić information content (AvgIpc) is 2.59. The van der Waals surface area contributed by atoms with Gasteiger partial charge in [-0.3, -0.25) is 9.88 Å². The molecule has 2 bridgehead atoms. The second kappa shape index (κ2) is 6.26. The Kier molecular flexibility index (Phi) is 4.10. The van der Waals surface area contributed by atoms with Gasteiger partial charge in [-0.25, -0.2) is 4.39 Å². The van der Waals surface area contributed by atoms with Crippen LogP contribution < -0.4 is 0 Å². The van der Waals surface area contributed by atoms with Crippen LogP contribution in [0.15, 0.2) is 48.8 Å². The lowest BCUT2D eigenvalue weighted by Crippen LogP contribution is -2.57. The first-order valence-electron chi connectivity index (χ1n) is 8.76. The van der Waals surface area contributed by atoms with Crippen molar-refractivity contribution in [3.8, 4) is 0 Å². The number of aromatic nitrogens is 1. The second-order valence-electron chi connectivity index (χ2n) is 7.21. The summed E-state index contributed by atoms with van der Waals surface area (Å²) in [5.74, 6) is 0.268. The molecule has 126 valence electrons. The highest BCUT2D eigenvalue weighted by Crippen LogP contribution is 2.49. The number of fused-ring (bicyclic) bond motifs is 2. The monoisotopic (exact) mass is 326 g/mol. The maximum atomic E-state index is 13.1. The van der Waals surface area contributed by atoms with E-state index in [1.807, 2.05) is 30.5 Å². The zero-order valence-electron chi connectivity index (χ0n) is 13.7. The lowest BCUT2D eigenvalue weighted by Gasteiger charge is -2.53. The Bertz CT molecular complexity index is 675. The van der Waals surface area contributed by atoms with Gasteiger partial charge in [0.25, 0.3) is 0 Å². The number of hydrogen-bond donors (Lipinski definition) is 1. The van der Waals surface area contributed by atoms with E-state index in [4.69, 9.17) is 0 Å². The van der Waals surface area contributed by atoms with Gasteiger partial charge in [-0.2, -0.15) is 0 Å². The third-order valence-corrected chi connectivity index (χ3v) is 5.75. The molecule has 2 atom stereocenters. The average molecular weight is 326 g/mol. The van der Waals surface area contributed by atoms with Crippen molar-refractivity contribution < 1.29 is 9.50 Å². The summed E-state index contributed by atoms with van der Waals surface area (Å²) >= 11 is 0. The molecule has 4 heteroatoms. The molecule has 2 aliphatic rings. The third kappa shape index (κ3) is 2.74. The third-order valence-electron chi connectivity index (χ3n) is 5.75. The summed E-state index contributed by atoms with van der Waals surface area (Å²) in [6.07, 6.45) is 6.85. The molecule has 2 heterocycles. The predicted octanol–water partition coefficient (Wildman–Crippen LogP) is 3.34. The van der Waals surface area contributed by atoms with Crippen molar-refractivity contribution in [3.63, 3.8) is 0 Å². The highest BCUT2D eigenvalue weighted by molar-refractivity contribution is 5.24. The zero-order valence-corrected chi connectivity index (χ0v) is 13.7. The van der Waals surface area contributed by atoms with Crippen LogP contribution in [0.1, 0.15) is 30.4 Å². The van der Waals surface area contributed by atoms with Crippen LogP contribution in [0.5, 0.6) is 0 Å². The topological polar surface area (TPSA) is 36.4 Å². The first-order chi connectivity index (χ1) is 11.7. The number of likely N-dealkylation sites (tertiary alicyclic amines) is 1. The van der Waals surface area contributed by atoms with Crippen molar-refractivity contribution >= 4 is 0 Å². The standard InChI is InChI=1S/C20H23FN2O/c21-19-8-6-15(7-9-19)12-23-13-17-3-1-4-18(14-23)20(17,24)16-5-2-10-22-11-16/h2,5-11,17-18,24H,1,3-4,12-14H2/t17-,18-/m1/s1. The lowest BCUT2D eigenvalue weighted by molar-refractivity contribution is -0.148.